The van der Waals surface area contributed by atoms with Crippen LogP contribution in [0.5, 0.6) is 0 Å². The topological polar surface area (TPSA) is 66.8 Å². The Hall–Kier alpha value is -1.39. The second-order valence-corrected chi connectivity index (χ2v) is 8.59. The molecule has 0 saturated heterocycles. The van der Waals surface area contributed by atoms with Crippen LogP contribution in [0.1, 0.15) is 53.9 Å². The summed E-state index contributed by atoms with van der Waals surface area (Å²) in [6, 6.07) is 0. The number of ether oxygens (including phenoxy) is 1. The second-order valence-electron chi connectivity index (χ2n) is 8.59. The van der Waals surface area contributed by atoms with Crippen LogP contribution in [0.4, 0.5) is 0 Å². The van der Waals surface area contributed by atoms with Crippen molar-refractivity contribution in [2.75, 3.05) is 0 Å². The van der Waals surface area contributed by atoms with E-state index in [1.165, 1.54) is 6.92 Å². The molecule has 2 aliphatic rings. The molecule has 1 fully saturated rings. The van der Waals surface area contributed by atoms with Crippen molar-refractivity contribution in [3.63, 3.8) is 0 Å². The molecule has 0 aromatic carbocycles. The molecule has 2 aliphatic carbocycles. The van der Waals surface area contributed by atoms with E-state index in [2.05, 4.69) is 13.5 Å². The third kappa shape index (κ3) is 4.66. The molecule has 0 bridgehead atoms. The smallest absolute Gasteiger partial charge is 0.303 e. The number of fused-ring (bicyclic) bond motifs is 1. The summed E-state index contributed by atoms with van der Waals surface area (Å²) in [5.74, 6) is -0.359. The molecule has 146 valence electrons. The third-order valence-corrected chi connectivity index (χ3v) is 5.95. The summed E-state index contributed by atoms with van der Waals surface area (Å²) in [7, 11) is 0. The molecule has 0 amide bonds. The van der Waals surface area contributed by atoms with E-state index in [1.807, 2.05) is 26.0 Å². The normalized spacial score (nSPS) is 36.0. The molecule has 0 unspecified atom stereocenters. The Morgan fingerprint density at radius 3 is 2.69 bits per heavy atom. The summed E-state index contributed by atoms with van der Waals surface area (Å²) in [4.78, 5) is 11.4. The van der Waals surface area contributed by atoms with Crippen molar-refractivity contribution in [3.05, 3.63) is 36.0 Å². The average molecular weight is 363 g/mol. The quantitative estimate of drug-likeness (QED) is 0.577. The predicted molar refractivity (Wildman–Crippen MR) is 103 cm³/mol. The zero-order chi connectivity index (χ0) is 19.6. The lowest BCUT2D eigenvalue weighted by atomic mass is 9.73. The van der Waals surface area contributed by atoms with Gasteiger partial charge in [-0.05, 0) is 57.9 Å². The first-order valence-corrected chi connectivity index (χ1v) is 9.62. The molecule has 4 heteroatoms. The molecular formula is C22H34O4. The lowest BCUT2D eigenvalue weighted by molar-refractivity contribution is -0.145. The van der Waals surface area contributed by atoms with Gasteiger partial charge in [-0.2, -0.15) is 0 Å². The number of hydrogen-bond acceptors (Lipinski definition) is 4. The van der Waals surface area contributed by atoms with Gasteiger partial charge in [-0.15, -0.1) is 0 Å². The van der Waals surface area contributed by atoms with Crippen LogP contribution in [0.25, 0.3) is 0 Å². The van der Waals surface area contributed by atoms with Gasteiger partial charge < -0.3 is 14.9 Å². The van der Waals surface area contributed by atoms with E-state index in [0.717, 1.165) is 24.0 Å². The van der Waals surface area contributed by atoms with Crippen molar-refractivity contribution >= 4 is 5.97 Å². The van der Waals surface area contributed by atoms with Crippen molar-refractivity contribution in [1.29, 1.82) is 0 Å². The highest BCUT2D eigenvalue weighted by Gasteiger charge is 2.49. The fraction of sp³-hybridized carbons (Fsp3) is 0.682. The Morgan fingerprint density at radius 1 is 1.46 bits per heavy atom. The largest absolute Gasteiger partial charge is 0.458 e. The van der Waals surface area contributed by atoms with Crippen LogP contribution in [0.15, 0.2) is 36.0 Å². The number of carbonyl (C=O) groups is 1. The number of rotatable bonds is 5. The van der Waals surface area contributed by atoms with Gasteiger partial charge in [-0.3, -0.25) is 4.79 Å². The van der Waals surface area contributed by atoms with Crippen LogP contribution in [-0.4, -0.2) is 34.0 Å². The number of aliphatic hydroxyl groups excluding tert-OH is 1. The highest BCUT2D eigenvalue weighted by Crippen LogP contribution is 2.48. The SMILES string of the molecule is C=C1CC[C@@H]([C@H](C)C[C@H](C=C(C)C)OC(C)=O)[C@@H](O)[C@H]2[C@H]1C=C[C@]2(C)O. The number of aliphatic hydroxyl groups is 2. The van der Waals surface area contributed by atoms with E-state index in [0.29, 0.717) is 6.42 Å². The van der Waals surface area contributed by atoms with E-state index >= 15 is 0 Å². The third-order valence-electron chi connectivity index (χ3n) is 5.95. The zero-order valence-corrected chi connectivity index (χ0v) is 16.7. The molecule has 0 aromatic heterocycles. The van der Waals surface area contributed by atoms with Gasteiger partial charge in [0.15, 0.2) is 0 Å². The average Bonchev–Trinajstić information content (AvgIpc) is 2.73. The van der Waals surface area contributed by atoms with E-state index in [4.69, 9.17) is 4.74 Å². The van der Waals surface area contributed by atoms with Gasteiger partial charge >= 0.3 is 5.97 Å². The fourth-order valence-corrected chi connectivity index (χ4v) is 4.69. The van der Waals surface area contributed by atoms with Crippen LogP contribution in [0.3, 0.4) is 0 Å². The standard InChI is InChI=1S/C22H34O4/c1-13(2)11-17(26-16(5)23)12-15(4)19-8-7-14(3)18-9-10-22(6,25)20(18)21(19)24/h9-11,15,17-21,24-25H,3,7-8,12H2,1-2,4-6H3/t15-,17+,18+,19+,20-,21-,22+/m1/s1. The van der Waals surface area contributed by atoms with Crippen molar-refractivity contribution in [2.24, 2.45) is 23.7 Å². The van der Waals surface area contributed by atoms with Gasteiger partial charge in [0, 0.05) is 18.8 Å². The lowest BCUT2D eigenvalue weighted by Gasteiger charge is -2.38. The van der Waals surface area contributed by atoms with Gasteiger partial charge in [0.05, 0.1) is 11.7 Å². The summed E-state index contributed by atoms with van der Waals surface area (Å²) in [5.41, 5.74) is 1.16. The highest BCUT2D eigenvalue weighted by atomic mass is 16.5. The van der Waals surface area contributed by atoms with Gasteiger partial charge in [0.1, 0.15) is 6.10 Å². The van der Waals surface area contributed by atoms with E-state index in [-0.39, 0.29) is 35.7 Å². The van der Waals surface area contributed by atoms with Crippen LogP contribution in [-0.2, 0) is 9.53 Å². The van der Waals surface area contributed by atoms with E-state index in [9.17, 15) is 15.0 Å². The van der Waals surface area contributed by atoms with Gasteiger partial charge in [0.2, 0.25) is 0 Å². The fourth-order valence-electron chi connectivity index (χ4n) is 4.69. The summed E-state index contributed by atoms with van der Waals surface area (Å²) in [6.07, 6.45) is 7.19. The minimum absolute atomic E-state index is 0.0248. The van der Waals surface area contributed by atoms with Crippen molar-refractivity contribution < 1.29 is 19.7 Å². The summed E-state index contributed by atoms with van der Waals surface area (Å²) in [6.45, 7) is 13.5. The molecule has 0 radical (unpaired) electrons. The maximum absolute atomic E-state index is 11.4. The Labute approximate surface area is 157 Å². The first kappa shape index (κ1) is 20.9. The lowest BCUT2D eigenvalue weighted by Crippen LogP contribution is -2.45. The monoisotopic (exact) mass is 362 g/mol. The first-order valence-electron chi connectivity index (χ1n) is 9.62. The minimum atomic E-state index is -1.02. The van der Waals surface area contributed by atoms with Gasteiger partial charge in [-0.1, -0.05) is 36.8 Å². The molecule has 26 heavy (non-hydrogen) atoms. The van der Waals surface area contributed by atoms with Crippen molar-refractivity contribution in [1.82, 2.24) is 0 Å². The maximum Gasteiger partial charge on any atom is 0.303 e. The maximum atomic E-state index is 11.4. The van der Waals surface area contributed by atoms with E-state index < -0.39 is 11.7 Å². The van der Waals surface area contributed by atoms with E-state index in [1.54, 1.807) is 13.0 Å². The molecule has 0 heterocycles. The Morgan fingerprint density at radius 2 is 2.12 bits per heavy atom. The van der Waals surface area contributed by atoms with Crippen molar-refractivity contribution in [3.8, 4) is 0 Å². The van der Waals surface area contributed by atoms with Crippen molar-refractivity contribution in [2.45, 2.75) is 71.7 Å². The molecule has 0 aromatic rings. The Kier molecular flexibility index (Phi) is 6.51. The van der Waals surface area contributed by atoms with Crippen LogP contribution >= 0.6 is 0 Å². The van der Waals surface area contributed by atoms with Crippen LogP contribution < -0.4 is 0 Å². The second kappa shape index (κ2) is 8.10. The van der Waals surface area contributed by atoms with Crippen LogP contribution in [0.2, 0.25) is 0 Å². The highest BCUT2D eigenvalue weighted by molar-refractivity contribution is 5.66. The number of allylic oxidation sites excluding steroid dienone is 3. The molecular weight excluding hydrogens is 328 g/mol. The van der Waals surface area contributed by atoms with Gasteiger partial charge in [-0.25, -0.2) is 0 Å². The molecule has 0 aliphatic heterocycles. The molecule has 7 atom stereocenters. The molecule has 1 saturated carbocycles. The number of carbonyl (C=O) groups excluding carboxylic acids is 1. The number of hydrogen-bond donors (Lipinski definition) is 2. The summed E-state index contributed by atoms with van der Waals surface area (Å²) in [5, 5.41) is 21.9. The zero-order valence-electron chi connectivity index (χ0n) is 16.7. The Balaban J connectivity index is 2.19. The van der Waals surface area contributed by atoms with Crippen LogP contribution in [0, 0.1) is 23.7 Å². The van der Waals surface area contributed by atoms with Gasteiger partial charge in [0.25, 0.3) is 0 Å². The molecule has 0 spiro atoms. The Bertz CT molecular complexity index is 597. The number of esters is 1. The summed E-state index contributed by atoms with van der Waals surface area (Å²) < 4.78 is 5.46. The minimum Gasteiger partial charge on any atom is -0.458 e. The molecule has 2 rings (SSSR count). The predicted octanol–water partition coefficient (Wildman–Crippen LogP) is 3.79. The molecule has 2 N–H and O–H groups in total. The summed E-state index contributed by atoms with van der Waals surface area (Å²) >= 11 is 0. The first-order chi connectivity index (χ1) is 12.0. The molecule has 4 nitrogen and oxygen atoms in total.